The summed E-state index contributed by atoms with van der Waals surface area (Å²) in [5.74, 6) is 1.42. The number of hydrogen-bond acceptors (Lipinski definition) is 23. The Bertz CT molecular complexity index is 4960. The molecule has 6 N–H and O–H groups in total. The first-order valence-corrected chi connectivity index (χ1v) is 42.3. The van der Waals surface area contributed by atoms with E-state index in [1.807, 2.05) is 165 Å². The van der Waals surface area contributed by atoms with E-state index in [9.17, 15) is 50.6 Å². The van der Waals surface area contributed by atoms with Crippen LogP contribution in [0.25, 0.3) is 45.6 Å². The fourth-order valence-corrected chi connectivity index (χ4v) is 14.0. The maximum absolute atomic E-state index is 13.1. The van der Waals surface area contributed by atoms with E-state index >= 15 is 0 Å². The molecular weight excluding hydrogens is 1780 g/mol. The molecule has 10 aromatic rings. The van der Waals surface area contributed by atoms with Crippen molar-refractivity contribution < 1.29 is 233 Å². The van der Waals surface area contributed by atoms with Crippen LogP contribution >= 0.6 is 11.6 Å². The van der Waals surface area contributed by atoms with E-state index in [4.69, 9.17) is 55.8 Å². The van der Waals surface area contributed by atoms with Crippen molar-refractivity contribution in [3.8, 4) is 45.6 Å². The Morgan fingerprint density at radius 1 is 0.492 bits per heavy atom. The number of anilines is 2. The second-order valence-electron chi connectivity index (χ2n) is 29.1. The van der Waals surface area contributed by atoms with Crippen molar-refractivity contribution in [1.82, 2.24) is 58.2 Å². The minimum atomic E-state index is -4.49. The van der Waals surface area contributed by atoms with E-state index in [1.54, 1.807) is 6.92 Å². The Labute approximate surface area is 868 Å². The van der Waals surface area contributed by atoms with Crippen LogP contribution in [0.15, 0.2) is 170 Å². The van der Waals surface area contributed by atoms with Gasteiger partial charge in [0.1, 0.15) is 29.0 Å². The van der Waals surface area contributed by atoms with Crippen molar-refractivity contribution in [2.75, 3.05) is 162 Å². The van der Waals surface area contributed by atoms with Gasteiger partial charge >= 0.3 is 163 Å². The molecule has 1 amide bonds. The van der Waals surface area contributed by atoms with Crippen molar-refractivity contribution in [3.63, 3.8) is 0 Å². The molecule has 690 valence electrons. The Hall–Kier alpha value is -6.95. The Balaban J connectivity index is 0.000000415. The number of nitrogens with one attached hydrogen (secondary N) is 2. The second-order valence-corrected chi connectivity index (χ2v) is 29.5. The number of nitrogen functional groups attached to an aromatic ring is 1. The summed E-state index contributed by atoms with van der Waals surface area (Å²) in [6.07, 6.45) is -4.86. The Kier molecular flexibility index (Phi) is 54.9. The average Bonchev–Trinajstić information content (AvgIpc) is 1.65. The van der Waals surface area contributed by atoms with Crippen LogP contribution in [0.1, 0.15) is 117 Å². The third-order valence-corrected chi connectivity index (χ3v) is 20.6. The second kappa shape index (κ2) is 61.8. The van der Waals surface area contributed by atoms with Crippen LogP contribution in [0.5, 0.6) is 0 Å². The molecule has 4 fully saturated rings. The van der Waals surface area contributed by atoms with Gasteiger partial charge in [0.05, 0.1) is 77.2 Å². The zero-order valence-corrected chi connectivity index (χ0v) is 84.3. The first-order valence-electron chi connectivity index (χ1n) is 41.7. The Morgan fingerprint density at radius 2 is 0.823 bits per heavy atom. The van der Waals surface area contributed by atoms with Crippen LogP contribution in [-0.4, -0.2) is 250 Å². The van der Waals surface area contributed by atoms with Crippen molar-refractivity contribution in [2.45, 2.75) is 99.2 Å². The third kappa shape index (κ3) is 38.1. The summed E-state index contributed by atoms with van der Waals surface area (Å²) in [7, 11) is 0. The fourth-order valence-electron chi connectivity index (χ4n) is 13.9. The molecule has 39 heteroatoms. The number of esters is 2. The SMILES string of the molecule is CCOC(=O)c1nc(-c2ccccc2)[nH]c1C.CCOC(=O)c1nc(-c2ccccc2)n(CCCN2CCOCC2)c1C.Cc1c(C(=O)Nc2cccc(C(F)(F)F)c2)nc(-c2ccccc2)n1CCCN1CCOCC1.Cc1c(C(=O)O)nc(-c2ccccc2)n1CCCN1CCOCC1.ClCCCN1CCOCC1.Nc1cccc(C(F)(F)F)c1.O=CO[O-].[H-].[K+].[K+].[Na+].[OH-]. The number of aromatic carboxylic acids is 1. The van der Waals surface area contributed by atoms with Crippen LogP contribution in [0.4, 0.5) is 37.7 Å². The van der Waals surface area contributed by atoms with Crippen LogP contribution in [0.2, 0.25) is 0 Å². The molecule has 0 radical (unpaired) electrons. The number of aromatic amines is 1. The summed E-state index contributed by atoms with van der Waals surface area (Å²) in [6, 6.07) is 48.2. The van der Waals surface area contributed by atoms with Gasteiger partial charge in [-0.15, -0.1) is 11.6 Å². The third-order valence-electron chi connectivity index (χ3n) is 20.3. The van der Waals surface area contributed by atoms with Gasteiger partial charge in [-0.05, 0) is 110 Å². The zero-order chi connectivity index (χ0) is 90.8. The number of aryl methyl sites for hydroxylation is 1. The molecule has 0 aliphatic carbocycles. The number of nitrogens with two attached hydrogens (primary N) is 1. The average molecular weight is 1890 g/mol. The maximum Gasteiger partial charge on any atom is 1.00 e. The van der Waals surface area contributed by atoms with Crippen LogP contribution in [-0.2, 0) is 70.1 Å². The number of amides is 1. The fraction of sp³-hybridized carbons (Fsp3) is 0.418. The standard InChI is InChI=1S/C25H27F3N4O2.C20H27N3O3.C18H23N3O3.C13H14N2O2.C7H14ClNO.C7H6F3N.CH2O3.2K.Na.H2O.H/c1-18-22(24(33)29-21-10-5-9-20(17-21)25(26,27)28)30-23(19-7-3-2-4-8-19)32(18)12-6-11-31-13-15-34-16-14-31;1-3-26-20(24)18-16(2)23(11-7-10-22-12-14-25-15-13-22)19(21-18)17-8-5-4-6-9-17;1-14-16(18(22)23)19-17(15-6-3-2-4-7-15)21(14)9-5-8-20-10-12-24-13-11-20;1-3-17-13(16)11-9(2)14-12(15-11)10-7-5-4-6-8-10;8-2-1-3-9-4-6-10-7-5-9;8-7(9,10)5-2-1-3-6(11)4-5;2-1-4-3;;;;;/h2-5,7-10,17H,6,11-16H2,1H3,(H,29,33);4-6,8-9H,3,7,10-15H2,1-2H3;2-4,6-7H,5,8-13H2,1H3,(H,22,23);4-8H,3H2,1-2H3,(H,14,15);1-7H2;1-4H,11H2;1,3H;;;;1H2;/q;;;;;;;3*+1;;-1/p-2. The summed E-state index contributed by atoms with van der Waals surface area (Å²) in [4.78, 5) is 90.1. The van der Waals surface area contributed by atoms with Gasteiger partial charge in [0, 0.05) is 154 Å². The number of ether oxygens (including phenoxy) is 6. The maximum atomic E-state index is 13.1. The summed E-state index contributed by atoms with van der Waals surface area (Å²) < 4.78 is 113. The number of alkyl halides is 7. The van der Waals surface area contributed by atoms with Crippen molar-refractivity contribution >= 4 is 53.3 Å². The smallest absolute Gasteiger partial charge is 1.00 e. The normalized spacial score (nSPS) is 13.9. The van der Waals surface area contributed by atoms with Gasteiger partial charge < -0.3 is 80.3 Å². The largest absolute Gasteiger partial charge is 1.00 e. The number of morpholine rings is 4. The van der Waals surface area contributed by atoms with E-state index < -0.39 is 35.4 Å². The molecule has 0 unspecified atom stereocenters. The van der Waals surface area contributed by atoms with Gasteiger partial charge in [-0.3, -0.25) is 29.2 Å². The van der Waals surface area contributed by atoms with Crippen molar-refractivity contribution in [2.24, 2.45) is 0 Å². The molecule has 4 aliphatic heterocycles. The minimum absolute atomic E-state index is 0. The predicted octanol–water partition coefficient (Wildman–Crippen LogP) is 5.07. The molecule has 29 nitrogen and oxygen atoms in total. The van der Waals surface area contributed by atoms with Gasteiger partial charge in [-0.1, -0.05) is 133 Å². The molecule has 8 heterocycles. The molecule has 130 heavy (non-hydrogen) atoms. The number of halogens is 7. The summed E-state index contributed by atoms with van der Waals surface area (Å²) in [5.41, 5.74) is 11.7. The molecule has 0 bridgehead atoms. The number of aromatic nitrogens is 8. The summed E-state index contributed by atoms with van der Waals surface area (Å²) in [5, 5.41) is 20.4. The molecule has 0 spiro atoms. The molecule has 0 saturated carbocycles. The van der Waals surface area contributed by atoms with Crippen LogP contribution < -0.4 is 149 Å². The molecule has 4 aromatic heterocycles. The first-order chi connectivity index (χ1) is 60.8. The molecule has 0 atom stereocenters. The predicted molar refractivity (Wildman–Crippen MR) is 469 cm³/mol. The first kappa shape index (κ1) is 115. The van der Waals surface area contributed by atoms with E-state index in [-0.39, 0.29) is 180 Å². The van der Waals surface area contributed by atoms with Crippen LogP contribution in [0, 0.1) is 27.7 Å². The van der Waals surface area contributed by atoms with E-state index in [1.165, 1.54) is 24.3 Å². The summed E-state index contributed by atoms with van der Waals surface area (Å²) in [6.45, 7) is 32.1. The number of carboxylic acids is 1. The minimum Gasteiger partial charge on any atom is -1.00 e. The Morgan fingerprint density at radius 3 is 1.17 bits per heavy atom. The van der Waals surface area contributed by atoms with E-state index in [2.05, 4.69) is 59.3 Å². The molecule has 6 aromatic carbocycles. The van der Waals surface area contributed by atoms with Gasteiger partial charge in [0.15, 0.2) is 17.1 Å². The monoisotopic (exact) mass is 1890 g/mol. The number of nitrogens with zero attached hydrogens (tertiary/aromatic N) is 11. The van der Waals surface area contributed by atoms with Crippen LogP contribution in [0.3, 0.4) is 0 Å². The number of rotatable bonds is 27. The van der Waals surface area contributed by atoms with Gasteiger partial charge in [0.25, 0.3) is 12.4 Å². The van der Waals surface area contributed by atoms with Gasteiger partial charge in [-0.2, -0.15) is 26.3 Å². The molecular formula is C91H114ClF6K2N14NaO15. The number of carboxylic acid groups (broad SMARTS) is 1. The number of imidazole rings is 4. The van der Waals surface area contributed by atoms with Gasteiger partial charge in [0.2, 0.25) is 0 Å². The number of H-pyrrole nitrogens is 1. The quantitative estimate of drug-likeness (QED) is 0.00763. The summed E-state index contributed by atoms with van der Waals surface area (Å²) >= 11 is 5.56. The molecule has 14 rings (SSSR count). The van der Waals surface area contributed by atoms with Crippen molar-refractivity contribution in [1.29, 1.82) is 0 Å². The number of hydrogen-bond donors (Lipinski definition) is 4. The number of benzene rings is 6. The van der Waals surface area contributed by atoms with Gasteiger partial charge in [-0.25, -0.2) is 34.3 Å². The number of carbonyl (C=O) groups excluding carboxylic acids is 4. The zero-order valence-electron chi connectivity index (χ0n) is 76.3. The molecule has 4 saturated heterocycles. The van der Waals surface area contributed by atoms with E-state index in [0.29, 0.717) is 54.2 Å². The number of carbonyl (C=O) groups is 5. The van der Waals surface area contributed by atoms with E-state index in [0.717, 1.165) is 246 Å². The molecule has 4 aliphatic rings. The topological polar surface area (TPSA) is 356 Å². The van der Waals surface area contributed by atoms with Crippen molar-refractivity contribution in [3.05, 3.63) is 227 Å².